The van der Waals surface area contributed by atoms with Crippen molar-refractivity contribution in [3.8, 4) is 11.1 Å². The van der Waals surface area contributed by atoms with Gasteiger partial charge in [-0.05, 0) is 30.5 Å². The number of para-hydroxylation sites is 1. The highest BCUT2D eigenvalue weighted by Crippen LogP contribution is 2.35. The predicted molar refractivity (Wildman–Crippen MR) is 120 cm³/mol. The van der Waals surface area contributed by atoms with E-state index in [0.29, 0.717) is 31.7 Å². The molecule has 8 heteroatoms. The molecular formula is C24H21ClF3N3O. The number of alkyl halides is 3. The third-order valence-corrected chi connectivity index (χ3v) is 5.86. The van der Waals surface area contributed by atoms with Crippen LogP contribution in [0.2, 0.25) is 5.02 Å². The fraction of sp³-hybridized carbons (Fsp3) is 0.250. The summed E-state index contributed by atoms with van der Waals surface area (Å²) in [6.45, 7) is 0.965. The zero-order valence-corrected chi connectivity index (χ0v) is 17.8. The molecule has 32 heavy (non-hydrogen) atoms. The molecule has 2 heterocycles. The first-order valence-electron chi connectivity index (χ1n) is 10.3. The number of carbonyl (C=O) groups excluding carboxylic acids is 1. The molecule has 1 aromatic heterocycles. The molecule has 166 valence electrons. The molecule has 0 atom stereocenters. The highest BCUT2D eigenvalue weighted by atomic mass is 35.5. The number of nitrogens with one attached hydrogen (secondary N) is 1. The van der Waals surface area contributed by atoms with E-state index in [1.54, 1.807) is 0 Å². The van der Waals surface area contributed by atoms with Gasteiger partial charge in [0.1, 0.15) is 5.82 Å². The Hall–Kier alpha value is -3.06. The van der Waals surface area contributed by atoms with Crippen molar-refractivity contribution in [3.63, 3.8) is 0 Å². The maximum Gasteiger partial charge on any atom is 0.417 e. The van der Waals surface area contributed by atoms with Crippen LogP contribution in [0.25, 0.3) is 11.1 Å². The average molecular weight is 460 g/mol. The van der Waals surface area contributed by atoms with Gasteiger partial charge in [-0.15, -0.1) is 0 Å². The van der Waals surface area contributed by atoms with E-state index >= 15 is 0 Å². The molecule has 4 nitrogen and oxygen atoms in total. The van der Waals surface area contributed by atoms with Crippen molar-refractivity contribution in [2.75, 3.05) is 23.3 Å². The van der Waals surface area contributed by atoms with E-state index in [-0.39, 0.29) is 16.8 Å². The Morgan fingerprint density at radius 3 is 2.34 bits per heavy atom. The first kappa shape index (κ1) is 22.1. The normalized spacial score (nSPS) is 14.9. The molecule has 1 N–H and O–H groups in total. The summed E-state index contributed by atoms with van der Waals surface area (Å²) in [5.74, 6) is 0.0377. The van der Waals surface area contributed by atoms with Gasteiger partial charge < -0.3 is 10.2 Å². The van der Waals surface area contributed by atoms with Crippen LogP contribution >= 0.6 is 11.6 Å². The van der Waals surface area contributed by atoms with Crippen molar-refractivity contribution in [1.29, 1.82) is 0 Å². The quantitative estimate of drug-likeness (QED) is 0.499. The Labute approximate surface area is 189 Å². The summed E-state index contributed by atoms with van der Waals surface area (Å²) in [5, 5.41) is 3.00. The lowest BCUT2D eigenvalue weighted by atomic mass is 9.95. The van der Waals surface area contributed by atoms with Crippen LogP contribution in [0.3, 0.4) is 0 Å². The Bertz CT molecular complexity index is 1100. The molecular weight excluding hydrogens is 439 g/mol. The first-order chi connectivity index (χ1) is 15.3. The van der Waals surface area contributed by atoms with Crippen molar-refractivity contribution in [1.82, 2.24) is 4.98 Å². The second-order valence-corrected chi connectivity index (χ2v) is 8.10. The molecule has 0 saturated carbocycles. The zero-order valence-electron chi connectivity index (χ0n) is 17.1. The first-order valence-corrected chi connectivity index (χ1v) is 10.6. The Kier molecular flexibility index (Phi) is 6.37. The number of rotatable bonds is 4. The Morgan fingerprint density at radius 2 is 1.69 bits per heavy atom. The molecule has 0 radical (unpaired) electrons. The average Bonchev–Trinajstić information content (AvgIpc) is 2.79. The van der Waals surface area contributed by atoms with Crippen LogP contribution in [0.4, 0.5) is 24.7 Å². The van der Waals surface area contributed by atoms with Gasteiger partial charge in [0.15, 0.2) is 0 Å². The zero-order chi connectivity index (χ0) is 22.7. The SMILES string of the molecule is O=C(Nc1ccccc1-c1ccccc1)C1CCN(c2ncc(C(F)(F)F)cc2Cl)CC1. The minimum atomic E-state index is -4.49. The maximum absolute atomic E-state index is 12.9. The summed E-state index contributed by atoms with van der Waals surface area (Å²) in [6.07, 6.45) is -2.59. The number of nitrogens with zero attached hydrogens (tertiary/aromatic N) is 2. The molecule has 1 amide bonds. The number of hydrogen-bond donors (Lipinski definition) is 1. The fourth-order valence-corrected chi connectivity index (χ4v) is 4.15. The van der Waals surface area contributed by atoms with Crippen molar-refractivity contribution in [2.45, 2.75) is 19.0 Å². The van der Waals surface area contributed by atoms with Crippen molar-refractivity contribution in [3.05, 3.63) is 77.4 Å². The number of halogens is 4. The summed E-state index contributed by atoms with van der Waals surface area (Å²) in [4.78, 5) is 18.7. The Balaban J connectivity index is 1.41. The van der Waals surface area contributed by atoms with Gasteiger partial charge in [-0.2, -0.15) is 13.2 Å². The fourth-order valence-electron chi connectivity index (χ4n) is 3.87. The van der Waals surface area contributed by atoms with E-state index in [0.717, 1.165) is 29.1 Å². The second-order valence-electron chi connectivity index (χ2n) is 7.69. The van der Waals surface area contributed by atoms with Crippen LogP contribution in [0.5, 0.6) is 0 Å². The summed E-state index contributed by atoms with van der Waals surface area (Å²) in [6, 6.07) is 18.4. The van der Waals surface area contributed by atoms with E-state index in [9.17, 15) is 18.0 Å². The number of amides is 1. The highest BCUT2D eigenvalue weighted by Gasteiger charge is 2.33. The molecule has 0 spiro atoms. The van der Waals surface area contributed by atoms with Gasteiger partial charge in [0.05, 0.1) is 10.6 Å². The smallest absolute Gasteiger partial charge is 0.355 e. The van der Waals surface area contributed by atoms with Crippen LogP contribution < -0.4 is 10.2 Å². The molecule has 0 aliphatic carbocycles. The van der Waals surface area contributed by atoms with Crippen molar-refractivity contribution >= 4 is 29.0 Å². The van der Waals surface area contributed by atoms with Crippen LogP contribution in [0.15, 0.2) is 66.9 Å². The number of anilines is 2. The van der Waals surface area contributed by atoms with Gasteiger partial charge >= 0.3 is 6.18 Å². The topological polar surface area (TPSA) is 45.2 Å². The van der Waals surface area contributed by atoms with Crippen molar-refractivity contribution in [2.24, 2.45) is 5.92 Å². The Morgan fingerprint density at radius 1 is 1.03 bits per heavy atom. The van der Waals surface area contributed by atoms with Gasteiger partial charge in [-0.3, -0.25) is 4.79 Å². The van der Waals surface area contributed by atoms with E-state index in [1.807, 2.05) is 59.5 Å². The van der Waals surface area contributed by atoms with Crippen molar-refractivity contribution < 1.29 is 18.0 Å². The standard InChI is InChI=1S/C24H21ClF3N3O/c25-20-14-18(24(26,27)28)15-29-22(20)31-12-10-17(11-13-31)23(32)30-21-9-5-4-8-19(21)16-6-2-1-3-7-16/h1-9,14-15,17H,10-13H2,(H,30,32). The third-order valence-electron chi connectivity index (χ3n) is 5.58. The van der Waals surface area contributed by atoms with Gasteiger partial charge in [0, 0.05) is 36.5 Å². The lowest BCUT2D eigenvalue weighted by Gasteiger charge is -2.32. The summed E-state index contributed by atoms with van der Waals surface area (Å²) >= 11 is 6.07. The van der Waals surface area contributed by atoms with Crippen LogP contribution in [0.1, 0.15) is 18.4 Å². The summed E-state index contributed by atoms with van der Waals surface area (Å²) < 4.78 is 38.5. The molecule has 4 rings (SSSR count). The largest absolute Gasteiger partial charge is 0.417 e. The molecule has 3 aromatic rings. The molecule has 2 aromatic carbocycles. The number of pyridine rings is 1. The minimum absolute atomic E-state index is 0.0421. The number of benzene rings is 2. The lowest BCUT2D eigenvalue weighted by molar-refractivity contribution is -0.137. The summed E-state index contributed by atoms with van der Waals surface area (Å²) in [7, 11) is 0. The minimum Gasteiger partial charge on any atom is -0.355 e. The van der Waals surface area contributed by atoms with Gasteiger partial charge in [-0.1, -0.05) is 60.1 Å². The maximum atomic E-state index is 12.9. The number of carbonyl (C=O) groups is 1. The van der Waals surface area contributed by atoms with E-state index in [2.05, 4.69) is 10.3 Å². The van der Waals surface area contributed by atoms with Crippen LogP contribution in [-0.2, 0) is 11.0 Å². The third kappa shape index (κ3) is 4.88. The molecule has 0 bridgehead atoms. The second kappa shape index (κ2) is 9.20. The monoisotopic (exact) mass is 459 g/mol. The molecule has 1 fully saturated rings. The van der Waals surface area contributed by atoms with E-state index in [1.165, 1.54) is 0 Å². The lowest BCUT2D eigenvalue weighted by Crippen LogP contribution is -2.38. The predicted octanol–water partition coefficient (Wildman–Crippen LogP) is 6.28. The number of hydrogen-bond acceptors (Lipinski definition) is 3. The van der Waals surface area contributed by atoms with Gasteiger partial charge in [-0.25, -0.2) is 4.98 Å². The van der Waals surface area contributed by atoms with Gasteiger partial charge in [0.2, 0.25) is 5.91 Å². The molecule has 1 aliphatic heterocycles. The molecule has 0 unspecified atom stereocenters. The van der Waals surface area contributed by atoms with E-state index in [4.69, 9.17) is 11.6 Å². The highest BCUT2D eigenvalue weighted by molar-refractivity contribution is 6.33. The van der Waals surface area contributed by atoms with Gasteiger partial charge in [0.25, 0.3) is 0 Å². The van der Waals surface area contributed by atoms with E-state index < -0.39 is 11.7 Å². The van der Waals surface area contributed by atoms with Crippen LogP contribution in [0, 0.1) is 5.92 Å². The molecule has 1 aliphatic rings. The summed E-state index contributed by atoms with van der Waals surface area (Å²) in [5.41, 5.74) is 1.83. The van der Waals surface area contributed by atoms with Crippen LogP contribution in [-0.4, -0.2) is 24.0 Å². The number of aromatic nitrogens is 1. The number of piperidine rings is 1. The molecule has 1 saturated heterocycles.